The number of benzene rings is 2. The van der Waals surface area contributed by atoms with Crippen LogP contribution in [-0.4, -0.2) is 45.3 Å². The molecule has 7 nitrogen and oxygen atoms in total. The van der Waals surface area contributed by atoms with Gasteiger partial charge in [-0.15, -0.1) is 0 Å². The molecule has 0 bridgehead atoms. The first-order chi connectivity index (χ1) is 15.6. The van der Waals surface area contributed by atoms with Gasteiger partial charge in [0.05, 0.1) is 44.3 Å². The maximum absolute atomic E-state index is 12.9. The number of aryl methyl sites for hydroxylation is 2. The average molecular weight is 434 g/mol. The predicted octanol–water partition coefficient (Wildman–Crippen LogP) is 3.73. The number of furan rings is 1. The zero-order chi connectivity index (χ0) is 22.1. The van der Waals surface area contributed by atoms with Crippen LogP contribution in [0.25, 0.3) is 11.0 Å². The fraction of sp³-hybridized carbons (Fsp3) is 0.360. The summed E-state index contributed by atoms with van der Waals surface area (Å²) in [6.07, 6.45) is 5.13. The van der Waals surface area contributed by atoms with Crippen LogP contribution >= 0.6 is 0 Å². The van der Waals surface area contributed by atoms with E-state index < -0.39 is 5.97 Å². The van der Waals surface area contributed by atoms with Gasteiger partial charge >= 0.3 is 5.97 Å². The molecular formula is C25H26N2O5. The van der Waals surface area contributed by atoms with Crippen LogP contribution < -0.4 is 10.2 Å². The second-order valence-electron chi connectivity index (χ2n) is 8.28. The van der Waals surface area contributed by atoms with Crippen molar-refractivity contribution in [1.29, 1.82) is 0 Å². The third kappa shape index (κ3) is 3.96. The quantitative estimate of drug-likeness (QED) is 0.617. The minimum atomic E-state index is -0.486. The van der Waals surface area contributed by atoms with Gasteiger partial charge in [-0.2, -0.15) is 0 Å². The third-order valence-electron chi connectivity index (χ3n) is 6.28. The van der Waals surface area contributed by atoms with Crippen LogP contribution in [0.4, 0.5) is 11.4 Å². The molecule has 0 spiro atoms. The molecule has 1 aliphatic carbocycles. The molecule has 1 aliphatic heterocycles. The van der Waals surface area contributed by atoms with Gasteiger partial charge in [0.1, 0.15) is 5.58 Å². The number of carbonyl (C=O) groups is 2. The van der Waals surface area contributed by atoms with Crippen LogP contribution in [0.2, 0.25) is 0 Å². The summed E-state index contributed by atoms with van der Waals surface area (Å²) in [4.78, 5) is 27.4. The van der Waals surface area contributed by atoms with Gasteiger partial charge in [-0.25, -0.2) is 4.79 Å². The standard InChI is InChI=1S/C25H26N2O5/c1-30-25(29)21-14-19(27-7-9-31-10-8-27)5-6-22(21)26-24(28)13-18-15-32-23-12-17-4-2-3-16(17)11-20(18)23/h5-6,11-12,14-15H,2-4,7-10,13H2,1H3,(H,26,28). The van der Waals surface area contributed by atoms with E-state index in [1.54, 1.807) is 18.4 Å². The van der Waals surface area contributed by atoms with Crippen molar-refractivity contribution < 1.29 is 23.5 Å². The number of methoxy groups -OCH3 is 1. The minimum absolute atomic E-state index is 0.164. The van der Waals surface area contributed by atoms with Crippen LogP contribution in [0.15, 0.2) is 41.0 Å². The summed E-state index contributed by atoms with van der Waals surface area (Å²) in [5, 5.41) is 3.87. The lowest BCUT2D eigenvalue weighted by atomic mass is 10.0. The smallest absolute Gasteiger partial charge is 0.340 e. The van der Waals surface area contributed by atoms with Gasteiger partial charge in [-0.3, -0.25) is 4.79 Å². The van der Waals surface area contributed by atoms with Gasteiger partial charge in [-0.1, -0.05) is 0 Å². The van der Waals surface area contributed by atoms with Gasteiger partial charge in [0.15, 0.2) is 0 Å². The predicted molar refractivity (Wildman–Crippen MR) is 121 cm³/mol. The Morgan fingerprint density at radius 2 is 1.88 bits per heavy atom. The molecule has 5 rings (SSSR count). The highest BCUT2D eigenvalue weighted by Crippen LogP contribution is 2.31. The average Bonchev–Trinajstić information content (AvgIpc) is 3.44. The Morgan fingerprint density at radius 3 is 2.66 bits per heavy atom. The highest BCUT2D eigenvalue weighted by atomic mass is 16.5. The summed E-state index contributed by atoms with van der Waals surface area (Å²) in [6.45, 7) is 2.80. The molecule has 0 atom stereocenters. The Balaban J connectivity index is 1.36. The number of anilines is 2. The molecule has 1 N–H and O–H groups in total. The second-order valence-corrected chi connectivity index (χ2v) is 8.28. The Hall–Kier alpha value is -3.32. The first-order valence-corrected chi connectivity index (χ1v) is 11.0. The van der Waals surface area contributed by atoms with Crippen LogP contribution in [0, 0.1) is 0 Å². The van der Waals surface area contributed by atoms with E-state index in [4.69, 9.17) is 13.9 Å². The van der Waals surface area contributed by atoms with Crippen molar-refractivity contribution in [3.8, 4) is 0 Å². The Labute approximate surface area is 186 Å². The van der Waals surface area contributed by atoms with E-state index in [-0.39, 0.29) is 12.3 Å². The summed E-state index contributed by atoms with van der Waals surface area (Å²) in [5.41, 5.74) is 6.02. The summed E-state index contributed by atoms with van der Waals surface area (Å²) >= 11 is 0. The molecular weight excluding hydrogens is 408 g/mol. The number of carbonyl (C=O) groups excluding carboxylic acids is 2. The van der Waals surface area contributed by atoms with E-state index >= 15 is 0 Å². The Morgan fingerprint density at radius 1 is 1.09 bits per heavy atom. The SMILES string of the molecule is COC(=O)c1cc(N2CCOCC2)ccc1NC(=O)Cc1coc2cc3c(cc12)CCC3. The number of nitrogens with one attached hydrogen (secondary N) is 1. The topological polar surface area (TPSA) is 81.0 Å². The van der Waals surface area contributed by atoms with Gasteiger partial charge in [-0.05, 0) is 60.7 Å². The molecule has 32 heavy (non-hydrogen) atoms. The number of fused-ring (bicyclic) bond motifs is 2. The van der Waals surface area contributed by atoms with Crippen molar-refractivity contribution in [2.45, 2.75) is 25.7 Å². The Kier molecular flexibility index (Phi) is 5.57. The minimum Gasteiger partial charge on any atom is -0.465 e. The molecule has 0 saturated carbocycles. The normalized spacial score (nSPS) is 15.6. The van der Waals surface area contributed by atoms with Crippen molar-refractivity contribution in [2.24, 2.45) is 0 Å². The highest BCUT2D eigenvalue weighted by molar-refractivity contribution is 6.03. The lowest BCUT2D eigenvalue weighted by molar-refractivity contribution is -0.115. The Bertz CT molecular complexity index is 1180. The molecule has 3 aromatic rings. The fourth-order valence-electron chi connectivity index (χ4n) is 4.59. The van der Waals surface area contributed by atoms with Gasteiger partial charge in [0, 0.05) is 29.7 Å². The maximum Gasteiger partial charge on any atom is 0.340 e. The molecule has 7 heteroatoms. The summed E-state index contributed by atoms with van der Waals surface area (Å²) in [7, 11) is 1.34. The number of hydrogen-bond acceptors (Lipinski definition) is 6. The summed E-state index contributed by atoms with van der Waals surface area (Å²) in [5.74, 6) is -0.697. The van der Waals surface area contributed by atoms with Crippen LogP contribution in [-0.2, 0) is 33.5 Å². The lowest BCUT2D eigenvalue weighted by Crippen LogP contribution is -2.36. The van der Waals surface area contributed by atoms with Crippen molar-refractivity contribution in [3.63, 3.8) is 0 Å². The molecule has 2 heterocycles. The molecule has 2 aromatic carbocycles. The van der Waals surface area contributed by atoms with Crippen LogP contribution in [0.5, 0.6) is 0 Å². The van der Waals surface area contributed by atoms with Crippen LogP contribution in [0.1, 0.15) is 33.5 Å². The largest absolute Gasteiger partial charge is 0.465 e. The molecule has 0 radical (unpaired) electrons. The second kappa shape index (κ2) is 8.67. The number of nitrogens with zero attached hydrogens (tertiary/aromatic N) is 1. The molecule has 166 valence electrons. The number of ether oxygens (including phenoxy) is 2. The highest BCUT2D eigenvalue weighted by Gasteiger charge is 2.20. The van der Waals surface area contributed by atoms with Crippen molar-refractivity contribution in [2.75, 3.05) is 43.6 Å². The van der Waals surface area contributed by atoms with E-state index in [9.17, 15) is 9.59 Å². The number of morpholine rings is 1. The van der Waals surface area contributed by atoms with E-state index in [1.807, 2.05) is 6.07 Å². The fourth-order valence-corrected chi connectivity index (χ4v) is 4.59. The lowest BCUT2D eigenvalue weighted by Gasteiger charge is -2.29. The number of esters is 1. The van der Waals surface area contributed by atoms with Crippen LogP contribution in [0.3, 0.4) is 0 Å². The summed E-state index contributed by atoms with van der Waals surface area (Å²) < 4.78 is 16.1. The van der Waals surface area contributed by atoms with E-state index in [1.165, 1.54) is 18.2 Å². The van der Waals surface area contributed by atoms with Gasteiger partial charge in [0.2, 0.25) is 5.91 Å². The number of rotatable bonds is 5. The molecule has 1 saturated heterocycles. The van der Waals surface area contributed by atoms with Gasteiger partial charge in [0.25, 0.3) is 0 Å². The number of amides is 1. The molecule has 1 fully saturated rings. The van der Waals surface area contributed by atoms with E-state index in [2.05, 4.69) is 22.3 Å². The van der Waals surface area contributed by atoms with Crippen molar-refractivity contribution >= 4 is 34.2 Å². The van der Waals surface area contributed by atoms with Crippen molar-refractivity contribution in [3.05, 3.63) is 58.8 Å². The van der Waals surface area contributed by atoms with Crippen molar-refractivity contribution in [1.82, 2.24) is 0 Å². The van der Waals surface area contributed by atoms with E-state index in [0.717, 1.165) is 54.6 Å². The first kappa shape index (κ1) is 20.6. The maximum atomic E-state index is 12.9. The van der Waals surface area contributed by atoms with Gasteiger partial charge < -0.3 is 24.1 Å². The summed E-state index contributed by atoms with van der Waals surface area (Å²) in [6, 6.07) is 9.68. The van der Waals surface area contributed by atoms with E-state index in [0.29, 0.717) is 24.5 Å². The zero-order valence-electron chi connectivity index (χ0n) is 18.1. The molecule has 1 aromatic heterocycles. The molecule has 0 unspecified atom stereocenters. The third-order valence-corrected chi connectivity index (χ3v) is 6.28. The molecule has 2 aliphatic rings. The first-order valence-electron chi connectivity index (χ1n) is 11.0. The monoisotopic (exact) mass is 434 g/mol. The molecule has 1 amide bonds. The number of hydrogen-bond donors (Lipinski definition) is 1. The zero-order valence-corrected chi connectivity index (χ0v) is 18.1.